The van der Waals surface area contributed by atoms with Crippen LogP contribution < -0.4 is 11.1 Å². The first-order valence-corrected chi connectivity index (χ1v) is 5.52. The Morgan fingerprint density at radius 3 is 2.44 bits per heavy atom. The fourth-order valence-electron chi connectivity index (χ4n) is 1.90. The van der Waals surface area contributed by atoms with Gasteiger partial charge in [-0.3, -0.25) is 4.79 Å². The molecule has 0 aliphatic carbocycles. The van der Waals surface area contributed by atoms with Gasteiger partial charge in [-0.15, -0.1) is 0 Å². The molecule has 0 spiro atoms. The zero-order valence-corrected chi connectivity index (χ0v) is 10.2. The van der Waals surface area contributed by atoms with Crippen LogP contribution in [0.15, 0.2) is 30.3 Å². The maximum atomic E-state index is 10.9. The molecule has 0 aromatic heterocycles. The topological polar surface area (TPSA) is 55.1 Å². The summed E-state index contributed by atoms with van der Waals surface area (Å²) < 4.78 is 0. The van der Waals surface area contributed by atoms with Gasteiger partial charge in [0.25, 0.3) is 0 Å². The Kier molecular flexibility index (Phi) is 4.07. The Labute approximate surface area is 97.0 Å². The molecule has 0 saturated carbocycles. The Balaban J connectivity index is 2.64. The van der Waals surface area contributed by atoms with E-state index in [0.29, 0.717) is 6.42 Å². The predicted molar refractivity (Wildman–Crippen MR) is 65.9 cm³/mol. The Hall–Kier alpha value is -1.35. The first-order valence-electron chi connectivity index (χ1n) is 5.52. The van der Waals surface area contributed by atoms with E-state index in [9.17, 15) is 4.79 Å². The maximum absolute atomic E-state index is 10.9. The first-order chi connectivity index (χ1) is 7.41. The van der Waals surface area contributed by atoms with E-state index < -0.39 is 0 Å². The minimum atomic E-state index is -0.280. The smallest absolute Gasteiger partial charge is 0.219 e. The summed E-state index contributed by atoms with van der Waals surface area (Å²) in [6, 6.07) is 10.3. The quantitative estimate of drug-likeness (QED) is 0.797. The molecule has 0 aliphatic heterocycles. The number of rotatable bonds is 5. The summed E-state index contributed by atoms with van der Waals surface area (Å²) in [7, 11) is 0. The van der Waals surface area contributed by atoms with Crippen LogP contribution in [0.5, 0.6) is 0 Å². The zero-order chi connectivity index (χ0) is 12.2. The molecule has 1 aromatic carbocycles. The number of amides is 1. The Morgan fingerprint density at radius 2 is 1.94 bits per heavy atom. The lowest BCUT2D eigenvalue weighted by Gasteiger charge is -2.29. The van der Waals surface area contributed by atoms with E-state index in [2.05, 4.69) is 24.4 Å². The van der Waals surface area contributed by atoms with Gasteiger partial charge in [0.15, 0.2) is 0 Å². The van der Waals surface area contributed by atoms with Crippen LogP contribution in [-0.2, 0) is 4.79 Å². The summed E-state index contributed by atoms with van der Waals surface area (Å²) in [4.78, 5) is 10.9. The Morgan fingerprint density at radius 1 is 1.38 bits per heavy atom. The van der Waals surface area contributed by atoms with E-state index >= 15 is 0 Å². The van der Waals surface area contributed by atoms with Gasteiger partial charge in [-0.25, -0.2) is 0 Å². The van der Waals surface area contributed by atoms with Crippen molar-refractivity contribution in [3.63, 3.8) is 0 Å². The molecule has 0 saturated heterocycles. The van der Waals surface area contributed by atoms with Crippen molar-refractivity contribution in [2.45, 2.75) is 38.8 Å². The largest absolute Gasteiger partial charge is 0.370 e. The summed E-state index contributed by atoms with van der Waals surface area (Å²) in [5.74, 6) is -0.280. The molecule has 1 rings (SSSR count). The van der Waals surface area contributed by atoms with Crippen molar-refractivity contribution in [3.8, 4) is 0 Å². The molecule has 0 heterocycles. The standard InChI is InChI=1S/C13H20N2O/c1-10(11-7-5-4-6-8-11)15-13(2,3)9-12(14)16/h4-8,10,15H,9H2,1-3H3,(H2,14,16). The van der Waals surface area contributed by atoms with Crippen LogP contribution in [-0.4, -0.2) is 11.4 Å². The number of hydrogen-bond donors (Lipinski definition) is 2. The zero-order valence-electron chi connectivity index (χ0n) is 10.2. The summed E-state index contributed by atoms with van der Waals surface area (Å²) >= 11 is 0. The van der Waals surface area contributed by atoms with Crippen LogP contribution in [0.1, 0.15) is 38.8 Å². The molecule has 0 fully saturated rings. The van der Waals surface area contributed by atoms with E-state index in [1.807, 2.05) is 32.0 Å². The van der Waals surface area contributed by atoms with Crippen molar-refractivity contribution >= 4 is 5.91 Å². The lowest BCUT2D eigenvalue weighted by molar-refractivity contribution is -0.119. The number of carbonyl (C=O) groups excluding carboxylic acids is 1. The highest BCUT2D eigenvalue weighted by Gasteiger charge is 2.22. The molecule has 16 heavy (non-hydrogen) atoms. The van der Waals surface area contributed by atoms with Gasteiger partial charge in [-0.05, 0) is 26.3 Å². The number of primary amides is 1. The van der Waals surface area contributed by atoms with E-state index in [-0.39, 0.29) is 17.5 Å². The third-order valence-electron chi connectivity index (χ3n) is 2.52. The lowest BCUT2D eigenvalue weighted by Crippen LogP contribution is -2.43. The second-order valence-electron chi connectivity index (χ2n) is 4.80. The van der Waals surface area contributed by atoms with E-state index in [1.165, 1.54) is 5.56 Å². The van der Waals surface area contributed by atoms with Crippen molar-refractivity contribution in [1.82, 2.24) is 5.32 Å². The molecule has 0 aliphatic rings. The van der Waals surface area contributed by atoms with Crippen LogP contribution in [0, 0.1) is 0 Å². The van der Waals surface area contributed by atoms with Crippen LogP contribution in [0.2, 0.25) is 0 Å². The average Bonchev–Trinajstić information content (AvgIpc) is 2.16. The molecule has 1 atom stereocenters. The molecule has 3 N–H and O–H groups in total. The van der Waals surface area contributed by atoms with Crippen LogP contribution in [0.4, 0.5) is 0 Å². The average molecular weight is 220 g/mol. The third-order valence-corrected chi connectivity index (χ3v) is 2.52. The highest BCUT2D eigenvalue weighted by Crippen LogP contribution is 2.17. The van der Waals surface area contributed by atoms with Crippen LogP contribution in [0.25, 0.3) is 0 Å². The number of nitrogens with two attached hydrogens (primary N) is 1. The molecule has 1 unspecified atom stereocenters. The summed E-state index contributed by atoms with van der Waals surface area (Å²) in [5.41, 5.74) is 6.15. The molecule has 0 radical (unpaired) electrons. The molecule has 1 aromatic rings. The maximum Gasteiger partial charge on any atom is 0.219 e. The third kappa shape index (κ3) is 4.03. The lowest BCUT2D eigenvalue weighted by atomic mass is 9.97. The first kappa shape index (κ1) is 12.7. The van der Waals surface area contributed by atoms with Gasteiger partial charge in [0, 0.05) is 18.0 Å². The second kappa shape index (κ2) is 5.12. The molecule has 0 bridgehead atoms. The normalized spacial score (nSPS) is 13.4. The summed E-state index contributed by atoms with van der Waals surface area (Å²) in [5, 5.41) is 3.40. The summed E-state index contributed by atoms with van der Waals surface area (Å²) in [6.45, 7) is 6.05. The predicted octanol–water partition coefficient (Wildman–Crippen LogP) is 1.99. The fourth-order valence-corrected chi connectivity index (χ4v) is 1.90. The fraction of sp³-hybridized carbons (Fsp3) is 0.462. The molecular formula is C13H20N2O. The number of hydrogen-bond acceptors (Lipinski definition) is 2. The summed E-state index contributed by atoms with van der Waals surface area (Å²) in [6.07, 6.45) is 0.337. The van der Waals surface area contributed by atoms with Gasteiger partial charge in [-0.2, -0.15) is 0 Å². The van der Waals surface area contributed by atoms with Crippen molar-refractivity contribution in [3.05, 3.63) is 35.9 Å². The minimum Gasteiger partial charge on any atom is -0.370 e. The number of nitrogens with one attached hydrogen (secondary N) is 1. The molecule has 1 amide bonds. The minimum absolute atomic E-state index is 0.204. The van der Waals surface area contributed by atoms with Gasteiger partial charge < -0.3 is 11.1 Å². The van der Waals surface area contributed by atoms with Crippen LogP contribution >= 0.6 is 0 Å². The van der Waals surface area contributed by atoms with Crippen molar-refractivity contribution in [2.75, 3.05) is 0 Å². The Bertz CT molecular complexity index is 346. The van der Waals surface area contributed by atoms with E-state index in [4.69, 9.17) is 5.73 Å². The van der Waals surface area contributed by atoms with Gasteiger partial charge in [0.05, 0.1) is 0 Å². The van der Waals surface area contributed by atoms with Crippen LogP contribution in [0.3, 0.4) is 0 Å². The molecule has 3 nitrogen and oxygen atoms in total. The van der Waals surface area contributed by atoms with E-state index in [1.54, 1.807) is 0 Å². The van der Waals surface area contributed by atoms with Crippen molar-refractivity contribution in [1.29, 1.82) is 0 Å². The van der Waals surface area contributed by atoms with Crippen molar-refractivity contribution in [2.24, 2.45) is 5.73 Å². The van der Waals surface area contributed by atoms with E-state index in [0.717, 1.165) is 0 Å². The molecular weight excluding hydrogens is 200 g/mol. The van der Waals surface area contributed by atoms with Gasteiger partial charge in [-0.1, -0.05) is 30.3 Å². The highest BCUT2D eigenvalue weighted by molar-refractivity contribution is 5.75. The highest BCUT2D eigenvalue weighted by atomic mass is 16.1. The SMILES string of the molecule is CC(NC(C)(C)CC(N)=O)c1ccccc1. The second-order valence-corrected chi connectivity index (χ2v) is 4.80. The van der Waals surface area contributed by atoms with Gasteiger partial charge in [0.2, 0.25) is 5.91 Å². The molecule has 3 heteroatoms. The van der Waals surface area contributed by atoms with Crippen molar-refractivity contribution < 1.29 is 4.79 Å². The monoisotopic (exact) mass is 220 g/mol. The van der Waals surface area contributed by atoms with Gasteiger partial charge in [0.1, 0.15) is 0 Å². The van der Waals surface area contributed by atoms with Gasteiger partial charge >= 0.3 is 0 Å². The molecule has 88 valence electrons. The number of benzene rings is 1. The number of carbonyl (C=O) groups is 1.